The first-order valence-electron chi connectivity index (χ1n) is 8.86. The highest BCUT2D eigenvalue weighted by molar-refractivity contribution is 5.98. The predicted molar refractivity (Wildman–Crippen MR) is 96.1 cm³/mol. The Morgan fingerprint density at radius 3 is 2.28 bits per heavy atom. The van der Waals surface area contributed by atoms with Gasteiger partial charge in [-0.3, -0.25) is 9.59 Å². The van der Waals surface area contributed by atoms with Gasteiger partial charge < -0.3 is 19.3 Å². The summed E-state index contributed by atoms with van der Waals surface area (Å²) in [6.07, 6.45) is 1.40. The molecule has 25 heavy (non-hydrogen) atoms. The van der Waals surface area contributed by atoms with Crippen molar-refractivity contribution in [2.75, 3.05) is 40.4 Å². The Morgan fingerprint density at radius 2 is 1.76 bits per heavy atom. The number of hydrogen-bond acceptors (Lipinski definition) is 4. The van der Waals surface area contributed by atoms with Crippen LogP contribution in [0.2, 0.25) is 0 Å². The summed E-state index contributed by atoms with van der Waals surface area (Å²) in [5, 5.41) is 0. The fraction of sp³-hybridized carbons (Fsp3) is 0.579. The molecular formula is C19H28N2O4. The second-order valence-electron chi connectivity index (χ2n) is 6.12. The van der Waals surface area contributed by atoms with Gasteiger partial charge in [0.1, 0.15) is 0 Å². The van der Waals surface area contributed by atoms with Crippen LogP contribution in [0.3, 0.4) is 0 Å². The Bertz CT molecular complexity index is 605. The van der Waals surface area contributed by atoms with Crippen LogP contribution in [0.4, 0.5) is 0 Å². The predicted octanol–water partition coefficient (Wildman–Crippen LogP) is 2.42. The number of para-hydroxylation sites is 1. The minimum absolute atomic E-state index is 0.0103. The Labute approximate surface area is 149 Å². The number of likely N-dealkylation sites (tertiary alicyclic amines) is 1. The Balaban J connectivity index is 2.06. The second-order valence-corrected chi connectivity index (χ2v) is 6.12. The van der Waals surface area contributed by atoms with Gasteiger partial charge in [0, 0.05) is 32.1 Å². The molecular weight excluding hydrogens is 320 g/mol. The van der Waals surface area contributed by atoms with Gasteiger partial charge in [0.25, 0.3) is 5.91 Å². The molecule has 138 valence electrons. The SMILES string of the molecule is CCN(CC)C(=O)C1CCN(C(=O)c2cccc(OC)c2OC)CC1. The molecule has 0 saturated carbocycles. The highest BCUT2D eigenvalue weighted by atomic mass is 16.5. The minimum Gasteiger partial charge on any atom is -0.493 e. The summed E-state index contributed by atoms with van der Waals surface area (Å²) in [6, 6.07) is 5.30. The van der Waals surface area contributed by atoms with Gasteiger partial charge in [-0.1, -0.05) is 6.07 Å². The van der Waals surface area contributed by atoms with E-state index in [1.807, 2.05) is 18.7 Å². The normalized spacial score (nSPS) is 15.0. The Kier molecular flexibility index (Phi) is 6.67. The number of carbonyl (C=O) groups excluding carboxylic acids is 2. The second kappa shape index (κ2) is 8.74. The molecule has 1 fully saturated rings. The maximum Gasteiger partial charge on any atom is 0.257 e. The van der Waals surface area contributed by atoms with Gasteiger partial charge in [0.05, 0.1) is 19.8 Å². The number of amides is 2. The van der Waals surface area contributed by atoms with Crippen LogP contribution >= 0.6 is 0 Å². The fourth-order valence-electron chi connectivity index (χ4n) is 3.35. The summed E-state index contributed by atoms with van der Waals surface area (Å²) in [7, 11) is 3.08. The molecule has 0 aliphatic carbocycles. The first-order chi connectivity index (χ1) is 12.1. The maximum atomic E-state index is 12.9. The lowest BCUT2D eigenvalue weighted by Gasteiger charge is -2.34. The van der Waals surface area contributed by atoms with Crippen molar-refractivity contribution in [2.45, 2.75) is 26.7 Å². The van der Waals surface area contributed by atoms with Gasteiger partial charge in [-0.05, 0) is 38.8 Å². The fourth-order valence-corrected chi connectivity index (χ4v) is 3.35. The topological polar surface area (TPSA) is 59.1 Å². The molecule has 0 atom stereocenters. The third-order valence-corrected chi connectivity index (χ3v) is 4.84. The zero-order valence-corrected chi connectivity index (χ0v) is 15.6. The Morgan fingerprint density at radius 1 is 1.12 bits per heavy atom. The van der Waals surface area contributed by atoms with E-state index in [0.29, 0.717) is 43.0 Å². The largest absolute Gasteiger partial charge is 0.493 e. The highest BCUT2D eigenvalue weighted by Gasteiger charge is 2.31. The minimum atomic E-state index is -0.0792. The third-order valence-electron chi connectivity index (χ3n) is 4.84. The molecule has 6 nitrogen and oxygen atoms in total. The van der Waals surface area contributed by atoms with Crippen molar-refractivity contribution in [3.63, 3.8) is 0 Å². The van der Waals surface area contributed by atoms with Gasteiger partial charge in [-0.15, -0.1) is 0 Å². The van der Waals surface area contributed by atoms with Crippen LogP contribution in [0.5, 0.6) is 11.5 Å². The summed E-state index contributed by atoms with van der Waals surface area (Å²) in [5.74, 6) is 1.13. The van der Waals surface area contributed by atoms with Crippen molar-refractivity contribution in [1.82, 2.24) is 9.80 Å². The first-order valence-corrected chi connectivity index (χ1v) is 8.86. The highest BCUT2D eigenvalue weighted by Crippen LogP contribution is 2.32. The van der Waals surface area contributed by atoms with E-state index in [2.05, 4.69) is 0 Å². The van der Waals surface area contributed by atoms with E-state index in [1.54, 1.807) is 30.2 Å². The standard InChI is InChI=1S/C19H28N2O4/c1-5-20(6-2)18(22)14-10-12-21(13-11-14)19(23)15-8-7-9-16(24-3)17(15)25-4/h7-9,14H,5-6,10-13H2,1-4H3. The van der Waals surface area contributed by atoms with Gasteiger partial charge in [-0.25, -0.2) is 0 Å². The lowest BCUT2D eigenvalue weighted by Crippen LogP contribution is -2.44. The van der Waals surface area contributed by atoms with Crippen molar-refractivity contribution in [3.05, 3.63) is 23.8 Å². The number of benzene rings is 1. The Hall–Kier alpha value is -2.24. The molecule has 0 unspecified atom stereocenters. The quantitative estimate of drug-likeness (QED) is 0.792. The zero-order valence-electron chi connectivity index (χ0n) is 15.6. The number of nitrogens with zero attached hydrogens (tertiary/aromatic N) is 2. The number of rotatable bonds is 6. The molecule has 6 heteroatoms. The van der Waals surface area contributed by atoms with Gasteiger partial charge in [0.2, 0.25) is 5.91 Å². The number of carbonyl (C=O) groups is 2. The van der Waals surface area contributed by atoms with E-state index < -0.39 is 0 Å². The van der Waals surface area contributed by atoms with Crippen molar-refractivity contribution >= 4 is 11.8 Å². The summed E-state index contributed by atoms with van der Waals surface area (Å²) in [6.45, 7) is 6.61. The van der Waals surface area contributed by atoms with Crippen molar-refractivity contribution in [1.29, 1.82) is 0 Å². The van der Waals surface area contributed by atoms with E-state index >= 15 is 0 Å². The number of methoxy groups -OCH3 is 2. The first kappa shape index (κ1) is 19.1. The van der Waals surface area contributed by atoms with E-state index in [-0.39, 0.29) is 17.7 Å². The smallest absolute Gasteiger partial charge is 0.257 e. The number of ether oxygens (including phenoxy) is 2. The van der Waals surface area contributed by atoms with E-state index in [9.17, 15) is 9.59 Å². The zero-order chi connectivity index (χ0) is 18.4. The molecule has 0 radical (unpaired) electrons. The molecule has 0 aromatic heterocycles. The number of piperidine rings is 1. The van der Waals surface area contributed by atoms with E-state index in [4.69, 9.17) is 9.47 Å². The van der Waals surface area contributed by atoms with Crippen molar-refractivity contribution < 1.29 is 19.1 Å². The summed E-state index contributed by atoms with van der Waals surface area (Å²) >= 11 is 0. The van der Waals surface area contributed by atoms with Crippen LogP contribution in [-0.4, -0.2) is 62.0 Å². The summed E-state index contributed by atoms with van der Waals surface area (Å²) in [4.78, 5) is 29.0. The van der Waals surface area contributed by atoms with Gasteiger partial charge >= 0.3 is 0 Å². The lowest BCUT2D eigenvalue weighted by molar-refractivity contribution is -0.136. The van der Waals surface area contributed by atoms with Crippen molar-refractivity contribution in [2.24, 2.45) is 5.92 Å². The van der Waals surface area contributed by atoms with Crippen molar-refractivity contribution in [3.8, 4) is 11.5 Å². The molecule has 1 aliphatic rings. The van der Waals surface area contributed by atoms with Gasteiger partial charge in [0.15, 0.2) is 11.5 Å². The summed E-state index contributed by atoms with van der Waals surface area (Å²) < 4.78 is 10.6. The molecule has 1 aromatic rings. The molecule has 0 N–H and O–H groups in total. The number of hydrogen-bond donors (Lipinski definition) is 0. The molecule has 0 spiro atoms. The van der Waals surface area contributed by atoms with E-state index in [1.165, 1.54) is 7.11 Å². The van der Waals surface area contributed by atoms with Gasteiger partial charge in [-0.2, -0.15) is 0 Å². The molecule has 1 heterocycles. The van der Waals surface area contributed by atoms with E-state index in [0.717, 1.165) is 13.1 Å². The molecule has 2 rings (SSSR count). The average molecular weight is 348 g/mol. The molecule has 1 saturated heterocycles. The van der Waals surface area contributed by atoms with Crippen LogP contribution in [-0.2, 0) is 4.79 Å². The maximum absolute atomic E-state index is 12.9. The molecule has 2 amide bonds. The molecule has 1 aliphatic heterocycles. The third kappa shape index (κ3) is 4.06. The lowest BCUT2D eigenvalue weighted by atomic mass is 9.94. The average Bonchev–Trinajstić information content (AvgIpc) is 2.67. The van der Waals surface area contributed by atoms with Crippen LogP contribution < -0.4 is 9.47 Å². The van der Waals surface area contributed by atoms with Crippen LogP contribution in [0.1, 0.15) is 37.0 Å². The summed E-state index contributed by atoms with van der Waals surface area (Å²) in [5.41, 5.74) is 0.496. The van der Waals surface area contributed by atoms with Crippen LogP contribution in [0.25, 0.3) is 0 Å². The monoisotopic (exact) mass is 348 g/mol. The van der Waals surface area contributed by atoms with Crippen LogP contribution in [0, 0.1) is 5.92 Å². The van der Waals surface area contributed by atoms with Crippen LogP contribution in [0.15, 0.2) is 18.2 Å². The molecule has 0 bridgehead atoms. The molecule has 1 aromatic carbocycles.